The zero-order valence-corrected chi connectivity index (χ0v) is 14.8. The summed E-state index contributed by atoms with van der Waals surface area (Å²) in [5.74, 6) is 0.944. The summed E-state index contributed by atoms with van der Waals surface area (Å²) in [5.41, 5.74) is 1.80. The van der Waals surface area contributed by atoms with Crippen molar-refractivity contribution in [3.05, 3.63) is 50.4 Å². The van der Waals surface area contributed by atoms with Crippen LogP contribution in [-0.4, -0.2) is 11.0 Å². The van der Waals surface area contributed by atoms with Gasteiger partial charge in [0.1, 0.15) is 22.9 Å². The van der Waals surface area contributed by atoms with Crippen molar-refractivity contribution in [3.8, 4) is 10.8 Å². The SMILES string of the molecule is CCc1sc(C(=O)OCc2nc(-c3cccs3)oc2C)cc1C. The zero-order valence-electron chi connectivity index (χ0n) is 13.2. The number of hydrogen-bond acceptors (Lipinski definition) is 6. The molecule has 0 aliphatic rings. The van der Waals surface area contributed by atoms with Gasteiger partial charge in [-0.1, -0.05) is 13.0 Å². The molecule has 0 spiro atoms. The van der Waals surface area contributed by atoms with Crippen molar-refractivity contribution in [2.75, 3.05) is 0 Å². The van der Waals surface area contributed by atoms with Crippen molar-refractivity contribution >= 4 is 28.6 Å². The Balaban J connectivity index is 1.69. The fourth-order valence-corrected chi connectivity index (χ4v) is 3.90. The molecule has 0 atom stereocenters. The summed E-state index contributed by atoms with van der Waals surface area (Å²) in [4.78, 5) is 19.4. The van der Waals surface area contributed by atoms with Gasteiger partial charge in [0.05, 0.1) is 4.88 Å². The lowest BCUT2D eigenvalue weighted by atomic mass is 10.2. The van der Waals surface area contributed by atoms with Crippen LogP contribution < -0.4 is 0 Å². The van der Waals surface area contributed by atoms with Gasteiger partial charge in [-0.15, -0.1) is 22.7 Å². The number of thiophene rings is 2. The molecule has 0 radical (unpaired) electrons. The molecule has 0 N–H and O–H groups in total. The third-order valence-electron chi connectivity index (χ3n) is 3.51. The van der Waals surface area contributed by atoms with Gasteiger partial charge in [-0.2, -0.15) is 0 Å². The number of rotatable bonds is 5. The number of aromatic nitrogens is 1. The predicted octanol–water partition coefficient (Wildman–Crippen LogP) is 5.00. The minimum atomic E-state index is -0.308. The van der Waals surface area contributed by atoms with Crippen LogP contribution in [0.5, 0.6) is 0 Å². The number of oxazole rings is 1. The van der Waals surface area contributed by atoms with E-state index in [4.69, 9.17) is 9.15 Å². The van der Waals surface area contributed by atoms with Gasteiger partial charge in [-0.25, -0.2) is 9.78 Å². The molecule has 120 valence electrons. The van der Waals surface area contributed by atoms with Gasteiger partial charge >= 0.3 is 5.97 Å². The van der Waals surface area contributed by atoms with E-state index in [0.717, 1.165) is 16.9 Å². The largest absolute Gasteiger partial charge is 0.455 e. The first-order chi connectivity index (χ1) is 11.1. The highest BCUT2D eigenvalue weighted by Gasteiger charge is 2.17. The van der Waals surface area contributed by atoms with E-state index in [9.17, 15) is 4.79 Å². The molecule has 3 heterocycles. The van der Waals surface area contributed by atoms with Crippen LogP contribution in [-0.2, 0) is 17.8 Å². The first-order valence-corrected chi connectivity index (χ1v) is 9.04. The van der Waals surface area contributed by atoms with Gasteiger partial charge in [0.25, 0.3) is 0 Å². The Morgan fingerprint density at radius 3 is 2.87 bits per heavy atom. The van der Waals surface area contributed by atoms with Crippen LogP contribution in [0.3, 0.4) is 0 Å². The third-order valence-corrected chi connectivity index (χ3v) is 5.73. The standard InChI is InChI=1S/C17H17NO3S2/c1-4-13-10(2)8-15(23-13)17(19)20-9-12-11(3)21-16(18-12)14-6-5-7-22-14/h5-8H,4,9H2,1-3H3. The van der Waals surface area contributed by atoms with Crippen LogP contribution in [0, 0.1) is 13.8 Å². The molecule has 6 heteroatoms. The monoisotopic (exact) mass is 347 g/mol. The smallest absolute Gasteiger partial charge is 0.348 e. The Kier molecular flexibility index (Phi) is 4.63. The Labute approximate surface area is 142 Å². The number of hydrogen-bond donors (Lipinski definition) is 0. The van der Waals surface area contributed by atoms with Crippen molar-refractivity contribution in [3.63, 3.8) is 0 Å². The van der Waals surface area contributed by atoms with E-state index in [1.54, 1.807) is 11.3 Å². The topological polar surface area (TPSA) is 52.3 Å². The minimum Gasteiger partial charge on any atom is -0.455 e. The highest BCUT2D eigenvalue weighted by Crippen LogP contribution is 2.27. The molecule has 23 heavy (non-hydrogen) atoms. The summed E-state index contributed by atoms with van der Waals surface area (Å²) in [6, 6.07) is 5.79. The average Bonchev–Trinajstić information content (AvgIpc) is 3.24. The summed E-state index contributed by atoms with van der Waals surface area (Å²) < 4.78 is 11.0. The van der Waals surface area contributed by atoms with E-state index in [0.29, 0.717) is 22.2 Å². The van der Waals surface area contributed by atoms with Crippen molar-refractivity contribution in [1.82, 2.24) is 4.98 Å². The van der Waals surface area contributed by atoms with Gasteiger partial charge < -0.3 is 9.15 Å². The Hall–Kier alpha value is -1.92. The fraction of sp³-hybridized carbons (Fsp3) is 0.294. The number of esters is 1. The quantitative estimate of drug-likeness (QED) is 0.609. The Bertz CT molecular complexity index is 815. The molecule has 0 aromatic carbocycles. The fourth-order valence-electron chi connectivity index (χ4n) is 2.24. The normalized spacial score (nSPS) is 10.9. The van der Waals surface area contributed by atoms with Crippen LogP contribution in [0.4, 0.5) is 0 Å². The maximum absolute atomic E-state index is 12.2. The summed E-state index contributed by atoms with van der Waals surface area (Å²) in [6.07, 6.45) is 0.927. The zero-order chi connectivity index (χ0) is 16.4. The molecular formula is C17H17NO3S2. The molecule has 3 aromatic heterocycles. The molecule has 0 unspecified atom stereocenters. The Morgan fingerprint density at radius 1 is 1.39 bits per heavy atom. The molecule has 0 aliphatic heterocycles. The lowest BCUT2D eigenvalue weighted by Crippen LogP contribution is -2.04. The molecular weight excluding hydrogens is 330 g/mol. The molecule has 0 aliphatic carbocycles. The summed E-state index contributed by atoms with van der Waals surface area (Å²) in [7, 11) is 0. The second-order valence-corrected chi connectivity index (χ2v) is 7.23. The van der Waals surface area contributed by atoms with Crippen molar-refractivity contribution in [1.29, 1.82) is 0 Å². The number of aryl methyl sites for hydroxylation is 3. The molecule has 4 nitrogen and oxygen atoms in total. The van der Waals surface area contributed by atoms with Crippen molar-refractivity contribution in [2.24, 2.45) is 0 Å². The van der Waals surface area contributed by atoms with Gasteiger partial charge in [0.2, 0.25) is 5.89 Å². The molecule has 0 fully saturated rings. The second kappa shape index (κ2) is 6.68. The molecule has 3 rings (SSSR count). The molecule has 3 aromatic rings. The van der Waals surface area contributed by atoms with Gasteiger partial charge in [0, 0.05) is 4.88 Å². The maximum Gasteiger partial charge on any atom is 0.348 e. The van der Waals surface area contributed by atoms with Crippen molar-refractivity contribution in [2.45, 2.75) is 33.8 Å². The second-order valence-electron chi connectivity index (χ2n) is 5.15. The lowest BCUT2D eigenvalue weighted by molar-refractivity contribution is 0.0472. The van der Waals surface area contributed by atoms with E-state index in [1.807, 2.05) is 37.4 Å². The van der Waals surface area contributed by atoms with Crippen molar-refractivity contribution < 1.29 is 13.9 Å². The van der Waals surface area contributed by atoms with Crippen LogP contribution >= 0.6 is 22.7 Å². The maximum atomic E-state index is 12.2. The van der Waals surface area contributed by atoms with Gasteiger partial charge in [0.15, 0.2) is 0 Å². The van der Waals surface area contributed by atoms with E-state index >= 15 is 0 Å². The predicted molar refractivity (Wildman–Crippen MR) is 92.1 cm³/mol. The highest BCUT2D eigenvalue weighted by atomic mass is 32.1. The average molecular weight is 347 g/mol. The molecule has 0 saturated carbocycles. The van der Waals surface area contributed by atoms with E-state index in [-0.39, 0.29) is 12.6 Å². The lowest BCUT2D eigenvalue weighted by Gasteiger charge is -2.00. The van der Waals surface area contributed by atoms with Crippen LogP contribution in [0.2, 0.25) is 0 Å². The molecule has 0 amide bonds. The van der Waals surface area contributed by atoms with E-state index in [2.05, 4.69) is 11.9 Å². The van der Waals surface area contributed by atoms with Crippen LogP contribution in [0.1, 0.15) is 38.5 Å². The summed E-state index contributed by atoms with van der Waals surface area (Å²) >= 11 is 3.06. The van der Waals surface area contributed by atoms with Gasteiger partial charge in [-0.3, -0.25) is 0 Å². The highest BCUT2D eigenvalue weighted by molar-refractivity contribution is 7.14. The first-order valence-electron chi connectivity index (χ1n) is 7.35. The Morgan fingerprint density at radius 2 is 2.22 bits per heavy atom. The minimum absolute atomic E-state index is 0.123. The summed E-state index contributed by atoms with van der Waals surface area (Å²) in [6.45, 7) is 6.05. The van der Waals surface area contributed by atoms with E-state index in [1.165, 1.54) is 16.2 Å². The first kappa shape index (κ1) is 16.0. The number of carbonyl (C=O) groups is 1. The van der Waals surface area contributed by atoms with Gasteiger partial charge in [-0.05, 0) is 43.3 Å². The van der Waals surface area contributed by atoms with Crippen LogP contribution in [0.15, 0.2) is 28.0 Å². The molecule has 0 bridgehead atoms. The number of ether oxygens (including phenoxy) is 1. The molecule has 0 saturated heterocycles. The van der Waals surface area contributed by atoms with Crippen LogP contribution in [0.25, 0.3) is 10.8 Å². The van der Waals surface area contributed by atoms with E-state index < -0.39 is 0 Å². The summed E-state index contributed by atoms with van der Waals surface area (Å²) in [5, 5.41) is 1.97. The number of nitrogens with zero attached hydrogens (tertiary/aromatic N) is 1. The third kappa shape index (κ3) is 3.38. The number of carbonyl (C=O) groups excluding carboxylic acids is 1.